The average molecular weight is 386 g/mol. The minimum atomic E-state index is -3.76. The molecule has 0 atom stereocenters. The standard InChI is InChI=1S/C12H17BrN2O3S.ClH/c1-12(2,11(16)15-8-7-14)19(17,18)10-5-3-9(13)4-6-10;/h3-6H,7-8,14H2,1-2H3,(H,15,16);1H. The van der Waals surface area contributed by atoms with Crippen molar-refractivity contribution in [1.29, 1.82) is 0 Å². The van der Waals surface area contributed by atoms with E-state index in [0.29, 0.717) is 0 Å². The number of sulfone groups is 1. The molecule has 3 N–H and O–H groups in total. The molecule has 0 bridgehead atoms. The number of hydrogen-bond acceptors (Lipinski definition) is 4. The molecule has 0 aromatic heterocycles. The summed E-state index contributed by atoms with van der Waals surface area (Å²) in [6, 6.07) is 6.19. The van der Waals surface area contributed by atoms with Gasteiger partial charge in [-0.05, 0) is 38.1 Å². The highest BCUT2D eigenvalue weighted by molar-refractivity contribution is 9.10. The summed E-state index contributed by atoms with van der Waals surface area (Å²) >= 11 is 3.24. The summed E-state index contributed by atoms with van der Waals surface area (Å²) in [6.45, 7) is 3.28. The van der Waals surface area contributed by atoms with E-state index in [1.54, 1.807) is 12.1 Å². The van der Waals surface area contributed by atoms with Crippen LogP contribution < -0.4 is 11.1 Å². The van der Waals surface area contributed by atoms with Crippen LogP contribution in [0.25, 0.3) is 0 Å². The lowest BCUT2D eigenvalue weighted by molar-refractivity contribution is -0.122. The van der Waals surface area contributed by atoms with E-state index in [-0.39, 0.29) is 30.4 Å². The molecule has 1 aromatic carbocycles. The van der Waals surface area contributed by atoms with Gasteiger partial charge in [0.05, 0.1) is 4.90 Å². The fourth-order valence-corrected chi connectivity index (χ4v) is 3.09. The SMILES string of the molecule is CC(C)(C(=O)NCCN)S(=O)(=O)c1ccc(Br)cc1.Cl. The van der Waals surface area contributed by atoms with Gasteiger partial charge in [0.2, 0.25) is 5.91 Å². The van der Waals surface area contributed by atoms with Gasteiger partial charge >= 0.3 is 0 Å². The van der Waals surface area contributed by atoms with Gasteiger partial charge in [0, 0.05) is 17.6 Å². The van der Waals surface area contributed by atoms with Crippen molar-refractivity contribution in [3.63, 3.8) is 0 Å². The Bertz CT molecular complexity index is 559. The molecular formula is C12H18BrClN2O3S. The summed E-state index contributed by atoms with van der Waals surface area (Å²) in [4.78, 5) is 12.1. The molecule has 0 unspecified atom stereocenters. The normalized spacial score (nSPS) is 11.6. The van der Waals surface area contributed by atoms with Gasteiger partial charge in [-0.3, -0.25) is 4.79 Å². The second-order valence-corrected chi connectivity index (χ2v) is 7.93. The summed E-state index contributed by atoms with van der Waals surface area (Å²) in [5, 5.41) is 2.51. The molecule has 0 aliphatic rings. The number of carbonyl (C=O) groups excluding carboxylic acids is 1. The van der Waals surface area contributed by atoms with E-state index in [4.69, 9.17) is 5.73 Å². The summed E-state index contributed by atoms with van der Waals surface area (Å²) < 4.78 is 24.2. The molecule has 20 heavy (non-hydrogen) atoms. The minimum absolute atomic E-state index is 0. The number of nitrogens with one attached hydrogen (secondary N) is 1. The molecule has 8 heteroatoms. The number of benzene rings is 1. The number of halogens is 2. The number of rotatable bonds is 5. The monoisotopic (exact) mass is 384 g/mol. The van der Waals surface area contributed by atoms with Crippen molar-refractivity contribution in [2.75, 3.05) is 13.1 Å². The van der Waals surface area contributed by atoms with Crippen molar-refractivity contribution in [3.8, 4) is 0 Å². The first-order valence-electron chi connectivity index (χ1n) is 5.72. The summed E-state index contributed by atoms with van der Waals surface area (Å²) in [5.74, 6) is -0.555. The maximum atomic E-state index is 12.5. The average Bonchev–Trinajstić information content (AvgIpc) is 2.36. The summed E-state index contributed by atoms with van der Waals surface area (Å²) in [6.07, 6.45) is 0. The zero-order chi connectivity index (χ0) is 14.7. The Morgan fingerprint density at radius 1 is 1.30 bits per heavy atom. The van der Waals surface area contributed by atoms with Crippen LogP contribution in [0.15, 0.2) is 33.6 Å². The lowest BCUT2D eigenvalue weighted by atomic mass is 10.2. The molecular weight excluding hydrogens is 368 g/mol. The van der Waals surface area contributed by atoms with E-state index >= 15 is 0 Å². The highest BCUT2D eigenvalue weighted by Gasteiger charge is 2.42. The highest BCUT2D eigenvalue weighted by atomic mass is 79.9. The van der Waals surface area contributed by atoms with Crippen LogP contribution in [0, 0.1) is 0 Å². The molecule has 0 aliphatic heterocycles. The molecule has 0 spiro atoms. The minimum Gasteiger partial charge on any atom is -0.353 e. The number of nitrogens with two attached hydrogens (primary N) is 1. The molecule has 5 nitrogen and oxygen atoms in total. The largest absolute Gasteiger partial charge is 0.353 e. The van der Waals surface area contributed by atoms with Crippen LogP contribution in [0.3, 0.4) is 0 Å². The van der Waals surface area contributed by atoms with Crippen molar-refractivity contribution >= 4 is 44.1 Å². The van der Waals surface area contributed by atoms with Gasteiger partial charge in [-0.2, -0.15) is 0 Å². The Morgan fingerprint density at radius 3 is 2.25 bits per heavy atom. The van der Waals surface area contributed by atoms with Crippen LogP contribution in [0.5, 0.6) is 0 Å². The molecule has 0 saturated carbocycles. The third kappa shape index (κ3) is 3.94. The fourth-order valence-electron chi connectivity index (χ4n) is 1.43. The fraction of sp³-hybridized carbons (Fsp3) is 0.417. The van der Waals surface area contributed by atoms with Crippen LogP contribution in [-0.2, 0) is 14.6 Å². The van der Waals surface area contributed by atoms with E-state index < -0.39 is 20.5 Å². The van der Waals surface area contributed by atoms with Crippen LogP contribution in [-0.4, -0.2) is 32.2 Å². The predicted octanol–water partition coefficient (Wildman–Crippen LogP) is 1.50. The van der Waals surface area contributed by atoms with Gasteiger partial charge < -0.3 is 11.1 Å². The van der Waals surface area contributed by atoms with Crippen molar-refractivity contribution in [2.24, 2.45) is 5.73 Å². The number of hydrogen-bond donors (Lipinski definition) is 2. The van der Waals surface area contributed by atoms with Gasteiger partial charge in [0.15, 0.2) is 9.84 Å². The van der Waals surface area contributed by atoms with Crippen LogP contribution in [0.4, 0.5) is 0 Å². The van der Waals surface area contributed by atoms with Crippen molar-refractivity contribution in [3.05, 3.63) is 28.7 Å². The number of carbonyl (C=O) groups is 1. The Labute approximate surface area is 133 Å². The van der Waals surface area contributed by atoms with Crippen molar-refractivity contribution in [2.45, 2.75) is 23.5 Å². The first kappa shape index (κ1) is 19.4. The van der Waals surface area contributed by atoms with E-state index in [0.717, 1.165) is 4.47 Å². The quantitative estimate of drug-likeness (QED) is 0.804. The van der Waals surface area contributed by atoms with Crippen LogP contribution in [0.1, 0.15) is 13.8 Å². The summed E-state index contributed by atoms with van der Waals surface area (Å²) in [7, 11) is -3.76. The highest BCUT2D eigenvalue weighted by Crippen LogP contribution is 2.26. The Morgan fingerprint density at radius 2 is 1.80 bits per heavy atom. The second kappa shape index (κ2) is 7.40. The van der Waals surface area contributed by atoms with Crippen LogP contribution in [0.2, 0.25) is 0 Å². The molecule has 0 radical (unpaired) electrons. The van der Waals surface area contributed by atoms with Gasteiger partial charge in [-0.15, -0.1) is 12.4 Å². The molecule has 114 valence electrons. The molecule has 1 aromatic rings. The van der Waals surface area contributed by atoms with Gasteiger partial charge in [0.1, 0.15) is 4.75 Å². The second-order valence-electron chi connectivity index (χ2n) is 4.51. The van der Waals surface area contributed by atoms with Crippen molar-refractivity contribution < 1.29 is 13.2 Å². The first-order valence-corrected chi connectivity index (χ1v) is 7.99. The number of amides is 1. The van der Waals surface area contributed by atoms with Gasteiger partial charge in [0.25, 0.3) is 0 Å². The maximum absolute atomic E-state index is 12.5. The van der Waals surface area contributed by atoms with E-state index in [2.05, 4.69) is 21.2 Å². The van der Waals surface area contributed by atoms with Gasteiger partial charge in [-0.1, -0.05) is 15.9 Å². The molecule has 1 rings (SSSR count). The molecule has 1 amide bonds. The zero-order valence-electron chi connectivity index (χ0n) is 11.2. The Hall–Kier alpha value is -0.630. The topological polar surface area (TPSA) is 89.3 Å². The van der Waals surface area contributed by atoms with Gasteiger partial charge in [-0.25, -0.2) is 8.42 Å². The maximum Gasteiger partial charge on any atom is 0.241 e. The molecule has 0 saturated heterocycles. The van der Waals surface area contributed by atoms with Crippen LogP contribution >= 0.6 is 28.3 Å². The smallest absolute Gasteiger partial charge is 0.241 e. The first-order chi connectivity index (χ1) is 8.73. The summed E-state index contributed by atoms with van der Waals surface area (Å²) in [5.41, 5.74) is 5.29. The van der Waals surface area contributed by atoms with Crippen molar-refractivity contribution in [1.82, 2.24) is 5.32 Å². The molecule has 0 aliphatic carbocycles. The molecule has 0 heterocycles. The third-order valence-electron chi connectivity index (χ3n) is 2.77. The van der Waals surface area contributed by atoms with E-state index in [1.807, 2.05) is 0 Å². The third-order valence-corrected chi connectivity index (χ3v) is 5.72. The zero-order valence-corrected chi connectivity index (χ0v) is 14.4. The predicted molar refractivity (Wildman–Crippen MR) is 84.7 cm³/mol. The van der Waals surface area contributed by atoms with E-state index in [1.165, 1.54) is 26.0 Å². The molecule has 0 fully saturated rings. The van der Waals surface area contributed by atoms with E-state index in [9.17, 15) is 13.2 Å². The lowest BCUT2D eigenvalue weighted by Gasteiger charge is -2.23. The lowest BCUT2D eigenvalue weighted by Crippen LogP contribution is -2.49. The Balaban J connectivity index is 0.00000361. The Kier molecular flexibility index (Phi) is 7.17.